The van der Waals surface area contributed by atoms with Crippen molar-refractivity contribution in [1.29, 1.82) is 0 Å². The first-order chi connectivity index (χ1) is 13.2. The number of ketones is 1. The fraction of sp³-hybridized carbons (Fsp3) is 0.238. The van der Waals surface area contributed by atoms with Gasteiger partial charge < -0.3 is 9.30 Å². The highest BCUT2D eigenvalue weighted by molar-refractivity contribution is 7.18. The maximum absolute atomic E-state index is 13.0. The van der Waals surface area contributed by atoms with Gasteiger partial charge in [-0.05, 0) is 24.3 Å². The van der Waals surface area contributed by atoms with Crippen LogP contribution >= 0.6 is 22.9 Å². The second-order valence-electron chi connectivity index (χ2n) is 6.36. The first kappa shape index (κ1) is 18.2. The number of aryl methyl sites for hydroxylation is 1. The second-order valence-corrected chi connectivity index (χ2v) is 7.88. The van der Waals surface area contributed by atoms with Gasteiger partial charge in [0.1, 0.15) is 0 Å². The van der Waals surface area contributed by atoms with Gasteiger partial charge in [-0.3, -0.25) is 4.79 Å². The minimum absolute atomic E-state index is 0.0866. The van der Waals surface area contributed by atoms with Gasteiger partial charge >= 0.3 is 0 Å². The van der Waals surface area contributed by atoms with E-state index in [1.165, 1.54) is 0 Å². The summed E-state index contributed by atoms with van der Waals surface area (Å²) in [4.78, 5) is 17.6. The molecule has 0 saturated carbocycles. The van der Waals surface area contributed by atoms with E-state index < -0.39 is 0 Å². The first-order valence-corrected chi connectivity index (χ1v) is 10.0. The van der Waals surface area contributed by atoms with Crippen LogP contribution in [0, 0.1) is 0 Å². The maximum atomic E-state index is 13.0. The third kappa shape index (κ3) is 3.63. The summed E-state index contributed by atoms with van der Waals surface area (Å²) >= 11 is 8.06. The van der Waals surface area contributed by atoms with Crippen LogP contribution in [0.5, 0.6) is 0 Å². The Morgan fingerprint density at radius 2 is 2.07 bits per heavy atom. The Balaban J connectivity index is 1.60. The van der Waals surface area contributed by atoms with Crippen molar-refractivity contribution in [2.24, 2.45) is 0 Å². The second kappa shape index (κ2) is 7.80. The molecule has 4 aromatic rings. The Labute approximate surface area is 166 Å². The molecule has 138 valence electrons. The summed E-state index contributed by atoms with van der Waals surface area (Å²) in [6.07, 6.45) is 2.94. The van der Waals surface area contributed by atoms with E-state index in [4.69, 9.17) is 16.3 Å². The van der Waals surface area contributed by atoms with Gasteiger partial charge in [0.15, 0.2) is 5.78 Å². The molecule has 4 nitrogen and oxygen atoms in total. The molecule has 0 spiro atoms. The quantitative estimate of drug-likeness (QED) is 0.393. The van der Waals surface area contributed by atoms with E-state index >= 15 is 0 Å². The number of hydrogen-bond donors (Lipinski definition) is 0. The van der Waals surface area contributed by atoms with Gasteiger partial charge in [0.2, 0.25) is 0 Å². The van der Waals surface area contributed by atoms with Crippen LogP contribution in [0.2, 0.25) is 5.02 Å². The summed E-state index contributed by atoms with van der Waals surface area (Å²) < 4.78 is 8.37. The van der Waals surface area contributed by atoms with Gasteiger partial charge in [-0.25, -0.2) is 4.98 Å². The minimum Gasteiger partial charge on any atom is -0.383 e. The smallest absolute Gasteiger partial charge is 0.165 e. The number of benzene rings is 2. The molecule has 0 atom stereocenters. The number of carbonyl (C=O) groups excluding carboxylic acids is 1. The number of hydrogen-bond acceptors (Lipinski definition) is 4. The molecule has 2 heterocycles. The lowest BCUT2D eigenvalue weighted by Crippen LogP contribution is -2.03. The standard InChI is InChI=1S/C21H19ClN2O2S/c1-26-12-11-24-13-14(21-15(22)5-4-7-17(21)24)18(25)9-10-20-23-16-6-2-3-8-19(16)27-20/h2-8,13H,9-12H2,1H3. The molecule has 2 aromatic heterocycles. The molecule has 27 heavy (non-hydrogen) atoms. The van der Waals surface area contributed by atoms with E-state index in [-0.39, 0.29) is 5.78 Å². The van der Waals surface area contributed by atoms with E-state index in [1.54, 1.807) is 18.4 Å². The lowest BCUT2D eigenvalue weighted by Gasteiger charge is -2.03. The summed E-state index contributed by atoms with van der Waals surface area (Å²) in [5.41, 5.74) is 2.62. The number of ether oxygens (including phenoxy) is 1. The van der Waals surface area contributed by atoms with Crippen molar-refractivity contribution >= 4 is 49.8 Å². The van der Waals surface area contributed by atoms with Gasteiger partial charge in [-0.1, -0.05) is 29.8 Å². The Bertz CT molecular complexity index is 1080. The average molecular weight is 399 g/mol. The third-order valence-corrected chi connectivity index (χ3v) is 6.01. The number of para-hydroxylation sites is 1. The number of rotatable bonds is 7. The lowest BCUT2D eigenvalue weighted by atomic mass is 10.1. The molecule has 0 aliphatic carbocycles. The molecule has 4 rings (SSSR count). The number of Topliss-reactive ketones (excluding diaryl/α,β-unsaturated/α-hetero) is 1. The zero-order chi connectivity index (χ0) is 18.8. The van der Waals surface area contributed by atoms with Crippen molar-refractivity contribution in [3.63, 3.8) is 0 Å². The Morgan fingerprint density at radius 1 is 1.22 bits per heavy atom. The molecule has 0 bridgehead atoms. The highest BCUT2D eigenvalue weighted by atomic mass is 35.5. The molecule has 0 saturated heterocycles. The maximum Gasteiger partial charge on any atom is 0.165 e. The Kier molecular flexibility index (Phi) is 5.25. The topological polar surface area (TPSA) is 44.1 Å². The molecule has 6 heteroatoms. The van der Waals surface area contributed by atoms with Crippen molar-refractivity contribution < 1.29 is 9.53 Å². The van der Waals surface area contributed by atoms with E-state index in [9.17, 15) is 4.79 Å². The molecule has 0 N–H and O–H groups in total. The molecule has 0 aliphatic heterocycles. The number of methoxy groups -OCH3 is 1. The highest BCUT2D eigenvalue weighted by Gasteiger charge is 2.18. The number of aromatic nitrogens is 2. The predicted molar refractivity (Wildman–Crippen MR) is 111 cm³/mol. The normalized spacial score (nSPS) is 11.5. The van der Waals surface area contributed by atoms with E-state index in [0.717, 1.165) is 26.1 Å². The van der Waals surface area contributed by atoms with Crippen LogP contribution in [0.3, 0.4) is 0 Å². The van der Waals surface area contributed by atoms with E-state index in [2.05, 4.69) is 11.1 Å². The third-order valence-electron chi connectivity index (χ3n) is 4.60. The first-order valence-electron chi connectivity index (χ1n) is 8.81. The number of thiazole rings is 1. The van der Waals surface area contributed by atoms with Crippen molar-refractivity contribution in [3.05, 3.63) is 64.3 Å². The molecule has 0 fully saturated rings. The summed E-state index contributed by atoms with van der Waals surface area (Å²) in [6.45, 7) is 1.26. The van der Waals surface area contributed by atoms with Crippen molar-refractivity contribution in [2.75, 3.05) is 13.7 Å². The monoisotopic (exact) mass is 398 g/mol. The van der Waals surface area contributed by atoms with Crippen LogP contribution in [-0.2, 0) is 17.7 Å². The molecular weight excluding hydrogens is 380 g/mol. The summed E-state index contributed by atoms with van der Waals surface area (Å²) in [6, 6.07) is 13.8. The molecule has 0 aliphatic rings. The van der Waals surface area contributed by atoms with Gasteiger partial charge in [-0.15, -0.1) is 11.3 Å². The number of nitrogens with zero attached hydrogens (tertiary/aromatic N) is 2. The molecule has 0 radical (unpaired) electrons. The van der Waals surface area contributed by atoms with E-state index in [1.807, 2.05) is 47.2 Å². The number of halogens is 1. The lowest BCUT2D eigenvalue weighted by molar-refractivity contribution is 0.0984. The van der Waals surface area contributed by atoms with Crippen LogP contribution in [-0.4, -0.2) is 29.1 Å². The van der Waals surface area contributed by atoms with Gasteiger partial charge in [0.25, 0.3) is 0 Å². The van der Waals surface area contributed by atoms with Crippen LogP contribution in [0.25, 0.3) is 21.1 Å². The minimum atomic E-state index is 0.0866. The summed E-state index contributed by atoms with van der Waals surface area (Å²) in [5.74, 6) is 0.0866. The van der Waals surface area contributed by atoms with Crippen molar-refractivity contribution in [2.45, 2.75) is 19.4 Å². The molecular formula is C21H19ClN2O2S. The zero-order valence-electron chi connectivity index (χ0n) is 14.9. The van der Waals surface area contributed by atoms with Crippen LogP contribution < -0.4 is 0 Å². The molecule has 0 unspecified atom stereocenters. The average Bonchev–Trinajstić information content (AvgIpc) is 3.26. The highest BCUT2D eigenvalue weighted by Crippen LogP contribution is 2.30. The van der Waals surface area contributed by atoms with Gasteiger partial charge in [0, 0.05) is 43.6 Å². The van der Waals surface area contributed by atoms with Crippen LogP contribution in [0.15, 0.2) is 48.7 Å². The van der Waals surface area contributed by atoms with Gasteiger partial charge in [0.05, 0.1) is 32.4 Å². The predicted octanol–water partition coefficient (Wildman–Crippen LogP) is 5.37. The van der Waals surface area contributed by atoms with Crippen LogP contribution in [0.1, 0.15) is 21.8 Å². The molecule has 0 amide bonds. The van der Waals surface area contributed by atoms with Crippen molar-refractivity contribution in [3.8, 4) is 0 Å². The largest absolute Gasteiger partial charge is 0.383 e. The zero-order valence-corrected chi connectivity index (χ0v) is 16.5. The number of carbonyl (C=O) groups is 1. The SMILES string of the molecule is COCCn1cc(C(=O)CCc2nc3ccccc3s2)c2c(Cl)cccc21. The van der Waals surface area contributed by atoms with Crippen molar-refractivity contribution in [1.82, 2.24) is 9.55 Å². The summed E-state index contributed by atoms with van der Waals surface area (Å²) in [5, 5.41) is 2.41. The Hall–Kier alpha value is -2.21. The summed E-state index contributed by atoms with van der Waals surface area (Å²) in [7, 11) is 1.67. The molecule has 2 aromatic carbocycles. The fourth-order valence-electron chi connectivity index (χ4n) is 3.28. The Morgan fingerprint density at radius 3 is 2.89 bits per heavy atom. The van der Waals surface area contributed by atoms with E-state index in [0.29, 0.717) is 36.6 Å². The van der Waals surface area contributed by atoms with Gasteiger partial charge in [-0.2, -0.15) is 0 Å². The number of fused-ring (bicyclic) bond motifs is 2. The van der Waals surface area contributed by atoms with Crippen LogP contribution in [0.4, 0.5) is 0 Å². The fourth-order valence-corrected chi connectivity index (χ4v) is 4.51.